The van der Waals surface area contributed by atoms with Gasteiger partial charge in [-0.15, -0.1) is 0 Å². The number of fused-ring (bicyclic) bond motifs is 1. The molecule has 3 rings (SSSR count). The van der Waals surface area contributed by atoms with E-state index < -0.39 is 11.2 Å². The summed E-state index contributed by atoms with van der Waals surface area (Å²) < 4.78 is 13.6. The first-order valence-electron chi connectivity index (χ1n) is 7.31. The zero-order valence-electron chi connectivity index (χ0n) is 12.6. The summed E-state index contributed by atoms with van der Waals surface area (Å²) in [4.78, 5) is 29.7. The van der Waals surface area contributed by atoms with Crippen molar-refractivity contribution in [2.45, 2.75) is 19.9 Å². The molecule has 2 N–H and O–H groups in total. The van der Waals surface area contributed by atoms with Crippen LogP contribution in [0.2, 0.25) is 0 Å². The quantitative estimate of drug-likeness (QED) is 0.837. The summed E-state index contributed by atoms with van der Waals surface area (Å²) in [7, 11) is 0. The third kappa shape index (κ3) is 2.50. The minimum atomic E-state index is -0.476. The van der Waals surface area contributed by atoms with Gasteiger partial charge in [-0.05, 0) is 31.5 Å². The van der Waals surface area contributed by atoms with Crippen LogP contribution >= 0.6 is 0 Å². The number of aromatic nitrogens is 1. The molecule has 0 aliphatic carbocycles. The molecular weight excluding hydrogens is 285 g/mol. The fraction of sp³-hybridized carbons (Fsp3) is 0.375. The number of carbonyl (C=O) groups excluding carboxylic acids is 1. The highest BCUT2D eigenvalue weighted by Crippen LogP contribution is 2.16. The number of aryl methyl sites for hydroxylation is 1. The molecule has 0 spiro atoms. The van der Waals surface area contributed by atoms with Crippen LogP contribution in [0, 0.1) is 12.7 Å². The van der Waals surface area contributed by atoms with Crippen LogP contribution in [-0.2, 0) is 0 Å². The number of nitrogens with one attached hydrogen (secondary N) is 2. The van der Waals surface area contributed by atoms with Crippen LogP contribution in [0.5, 0.6) is 0 Å². The molecule has 1 atom stereocenters. The number of pyridine rings is 1. The van der Waals surface area contributed by atoms with Crippen molar-refractivity contribution in [2.75, 3.05) is 19.6 Å². The number of rotatable bonds is 1. The minimum absolute atomic E-state index is 0.0617. The molecule has 1 aliphatic rings. The molecule has 1 aromatic carbocycles. The normalized spacial score (nSPS) is 18.7. The molecule has 1 fully saturated rings. The molecular formula is C16H18FN3O2. The molecule has 1 aromatic heterocycles. The third-order valence-corrected chi connectivity index (χ3v) is 4.04. The Hall–Kier alpha value is -2.21. The van der Waals surface area contributed by atoms with Crippen molar-refractivity contribution < 1.29 is 9.18 Å². The number of hydrogen-bond acceptors (Lipinski definition) is 3. The van der Waals surface area contributed by atoms with E-state index >= 15 is 0 Å². The molecule has 5 nitrogen and oxygen atoms in total. The summed E-state index contributed by atoms with van der Waals surface area (Å²) >= 11 is 0. The Morgan fingerprint density at radius 3 is 2.91 bits per heavy atom. The van der Waals surface area contributed by atoms with E-state index in [1.165, 1.54) is 18.3 Å². The van der Waals surface area contributed by atoms with Crippen molar-refractivity contribution in [3.05, 3.63) is 45.5 Å². The lowest BCUT2D eigenvalue weighted by Gasteiger charge is -2.31. The van der Waals surface area contributed by atoms with Gasteiger partial charge in [-0.1, -0.05) is 0 Å². The number of aromatic amines is 1. The maximum Gasteiger partial charge on any atom is 0.259 e. The van der Waals surface area contributed by atoms with Crippen molar-refractivity contribution in [3.63, 3.8) is 0 Å². The zero-order valence-corrected chi connectivity index (χ0v) is 12.6. The molecule has 0 bridgehead atoms. The van der Waals surface area contributed by atoms with E-state index in [1.54, 1.807) is 11.8 Å². The second-order valence-electron chi connectivity index (χ2n) is 5.78. The molecule has 6 heteroatoms. The third-order valence-electron chi connectivity index (χ3n) is 4.04. The summed E-state index contributed by atoms with van der Waals surface area (Å²) in [5.41, 5.74) is 0.845. The Labute approximate surface area is 127 Å². The molecule has 116 valence electrons. The Morgan fingerprint density at radius 1 is 1.41 bits per heavy atom. The maximum absolute atomic E-state index is 13.6. The molecule has 1 amide bonds. The summed E-state index contributed by atoms with van der Waals surface area (Å²) in [5, 5.41) is 3.46. The molecule has 1 aliphatic heterocycles. The highest BCUT2D eigenvalue weighted by atomic mass is 19.1. The van der Waals surface area contributed by atoms with Gasteiger partial charge in [-0.3, -0.25) is 9.59 Å². The molecule has 0 unspecified atom stereocenters. The Bertz CT molecular complexity index is 800. The van der Waals surface area contributed by atoms with Gasteiger partial charge < -0.3 is 15.2 Å². The van der Waals surface area contributed by atoms with Gasteiger partial charge in [0.15, 0.2) is 0 Å². The summed E-state index contributed by atoms with van der Waals surface area (Å²) in [6, 6.07) is 2.73. The van der Waals surface area contributed by atoms with E-state index in [0.29, 0.717) is 30.7 Å². The van der Waals surface area contributed by atoms with Gasteiger partial charge in [0.25, 0.3) is 5.91 Å². The van der Waals surface area contributed by atoms with Gasteiger partial charge in [-0.2, -0.15) is 0 Å². The lowest BCUT2D eigenvalue weighted by molar-refractivity contribution is 0.0707. The molecule has 2 aromatic rings. The van der Waals surface area contributed by atoms with Crippen LogP contribution in [-0.4, -0.2) is 41.5 Å². The van der Waals surface area contributed by atoms with Gasteiger partial charge >= 0.3 is 0 Å². The van der Waals surface area contributed by atoms with Crippen molar-refractivity contribution in [3.8, 4) is 0 Å². The molecule has 1 saturated heterocycles. The minimum Gasteiger partial charge on any atom is -0.360 e. The van der Waals surface area contributed by atoms with Gasteiger partial charge in [0.1, 0.15) is 11.4 Å². The van der Waals surface area contributed by atoms with E-state index in [0.717, 1.165) is 0 Å². The van der Waals surface area contributed by atoms with Crippen LogP contribution in [0.15, 0.2) is 23.1 Å². The Morgan fingerprint density at radius 2 is 2.18 bits per heavy atom. The van der Waals surface area contributed by atoms with Gasteiger partial charge in [0, 0.05) is 37.3 Å². The maximum atomic E-state index is 13.6. The topological polar surface area (TPSA) is 65.2 Å². The summed E-state index contributed by atoms with van der Waals surface area (Å²) in [6.07, 6.45) is 1.44. The lowest BCUT2D eigenvalue weighted by Crippen LogP contribution is -2.52. The Kier molecular flexibility index (Phi) is 3.70. The highest BCUT2D eigenvalue weighted by Gasteiger charge is 2.24. The number of nitrogens with zero attached hydrogens (tertiary/aromatic N) is 1. The second-order valence-corrected chi connectivity index (χ2v) is 5.78. The van der Waals surface area contributed by atoms with Crippen LogP contribution < -0.4 is 10.7 Å². The lowest BCUT2D eigenvalue weighted by atomic mass is 10.1. The predicted octanol–water partition coefficient (Wildman–Crippen LogP) is 1.41. The first-order valence-corrected chi connectivity index (χ1v) is 7.31. The summed E-state index contributed by atoms with van der Waals surface area (Å²) in [6.45, 7) is 5.52. The van der Waals surface area contributed by atoms with Crippen molar-refractivity contribution in [1.29, 1.82) is 0 Å². The highest BCUT2D eigenvalue weighted by molar-refractivity contribution is 5.97. The number of piperazine rings is 1. The molecule has 0 saturated carbocycles. The molecule has 22 heavy (non-hydrogen) atoms. The number of hydrogen-bond donors (Lipinski definition) is 2. The van der Waals surface area contributed by atoms with E-state index in [-0.39, 0.29) is 22.9 Å². The van der Waals surface area contributed by atoms with Gasteiger partial charge in [0.2, 0.25) is 5.43 Å². The first-order chi connectivity index (χ1) is 10.5. The van der Waals surface area contributed by atoms with E-state index in [2.05, 4.69) is 10.3 Å². The van der Waals surface area contributed by atoms with E-state index in [9.17, 15) is 14.0 Å². The van der Waals surface area contributed by atoms with E-state index in [1.807, 2.05) is 6.92 Å². The molecule has 2 heterocycles. The van der Waals surface area contributed by atoms with Crippen molar-refractivity contribution >= 4 is 16.8 Å². The fourth-order valence-corrected chi connectivity index (χ4v) is 2.91. The average molecular weight is 303 g/mol. The number of amides is 1. The van der Waals surface area contributed by atoms with Crippen molar-refractivity contribution in [2.24, 2.45) is 0 Å². The monoisotopic (exact) mass is 303 g/mol. The first kappa shape index (κ1) is 14.7. The zero-order chi connectivity index (χ0) is 15.9. The van der Waals surface area contributed by atoms with Crippen LogP contribution in [0.4, 0.5) is 4.39 Å². The van der Waals surface area contributed by atoms with Crippen molar-refractivity contribution in [1.82, 2.24) is 15.2 Å². The fourth-order valence-electron chi connectivity index (χ4n) is 2.91. The number of benzene rings is 1. The molecule has 0 radical (unpaired) electrons. The van der Waals surface area contributed by atoms with Gasteiger partial charge in [0.05, 0.1) is 5.52 Å². The second kappa shape index (κ2) is 5.53. The predicted molar refractivity (Wildman–Crippen MR) is 82.6 cm³/mol. The van der Waals surface area contributed by atoms with Gasteiger partial charge in [-0.25, -0.2) is 4.39 Å². The Balaban J connectivity index is 2.06. The van der Waals surface area contributed by atoms with E-state index in [4.69, 9.17) is 0 Å². The number of halogens is 1. The standard InChI is InChI=1S/C16H18FN3O2/c1-9-5-11(17)6-12-14(9)19-7-13(15(12)21)16(22)20-4-3-18-10(2)8-20/h5-7,10,18H,3-4,8H2,1-2H3,(H,19,21)/t10-/m1/s1. The number of H-pyrrole nitrogens is 1. The summed E-state index contributed by atoms with van der Waals surface area (Å²) in [5.74, 6) is -0.783. The average Bonchev–Trinajstić information content (AvgIpc) is 2.47. The van der Waals surface area contributed by atoms with Crippen LogP contribution in [0.25, 0.3) is 10.9 Å². The largest absolute Gasteiger partial charge is 0.360 e. The smallest absolute Gasteiger partial charge is 0.259 e. The SMILES string of the molecule is Cc1cc(F)cc2c(=O)c(C(=O)N3CCN[C@H](C)C3)c[nH]c12. The number of carbonyl (C=O) groups is 1. The van der Waals surface area contributed by atoms with Crippen LogP contribution in [0.1, 0.15) is 22.8 Å². The van der Waals surface area contributed by atoms with Crippen LogP contribution in [0.3, 0.4) is 0 Å².